The van der Waals surface area contributed by atoms with Crippen molar-refractivity contribution < 1.29 is 18.3 Å². The average Bonchev–Trinajstić information content (AvgIpc) is 2.38. The van der Waals surface area contributed by atoms with E-state index in [9.17, 15) is 13.5 Å². The van der Waals surface area contributed by atoms with Gasteiger partial charge >= 0.3 is 0 Å². The normalized spacial score (nSPS) is 22.7. The molecule has 0 amide bonds. The molecule has 2 rings (SSSR count). The molecule has 1 saturated heterocycles. The molecule has 1 aromatic rings. The number of aliphatic hydroxyl groups is 1. The van der Waals surface area contributed by atoms with Gasteiger partial charge in [0.25, 0.3) is 0 Å². The quantitative estimate of drug-likeness (QED) is 0.905. The second-order valence-corrected chi connectivity index (χ2v) is 6.78. The van der Waals surface area contributed by atoms with Crippen LogP contribution in [0.4, 0.5) is 0 Å². The molecular formula is C13H18O4S. The molecule has 0 saturated carbocycles. The highest BCUT2D eigenvalue weighted by atomic mass is 32.2. The number of hydrogen-bond donors (Lipinski definition) is 1. The lowest BCUT2D eigenvalue weighted by molar-refractivity contribution is -0.00998. The summed E-state index contributed by atoms with van der Waals surface area (Å²) in [7, 11) is -3.18. The molecule has 1 fully saturated rings. The van der Waals surface area contributed by atoms with Crippen molar-refractivity contribution in [2.45, 2.75) is 23.8 Å². The molecule has 1 heterocycles. The number of aliphatic hydroxyl groups excluding tert-OH is 1. The zero-order valence-electron chi connectivity index (χ0n) is 10.4. The summed E-state index contributed by atoms with van der Waals surface area (Å²) >= 11 is 0. The van der Waals surface area contributed by atoms with Gasteiger partial charge in [-0.05, 0) is 30.5 Å². The van der Waals surface area contributed by atoms with Crippen molar-refractivity contribution in [1.29, 1.82) is 0 Å². The summed E-state index contributed by atoms with van der Waals surface area (Å²) in [5, 5.41) is 10.2. The summed E-state index contributed by atoms with van der Waals surface area (Å²) in [5.74, 6) is 0.0998. The third kappa shape index (κ3) is 3.10. The van der Waals surface area contributed by atoms with E-state index in [1.54, 1.807) is 12.1 Å². The van der Waals surface area contributed by atoms with E-state index >= 15 is 0 Å². The van der Waals surface area contributed by atoms with Crippen LogP contribution in [0.1, 0.15) is 24.5 Å². The van der Waals surface area contributed by atoms with Crippen LogP contribution in [0.3, 0.4) is 0 Å². The van der Waals surface area contributed by atoms with Crippen LogP contribution in [0.5, 0.6) is 0 Å². The van der Waals surface area contributed by atoms with Gasteiger partial charge in [0.15, 0.2) is 9.84 Å². The maximum absolute atomic E-state index is 11.3. The summed E-state index contributed by atoms with van der Waals surface area (Å²) < 4.78 is 28.0. The Kier molecular flexibility index (Phi) is 4.04. The zero-order chi connectivity index (χ0) is 13.2. The highest BCUT2D eigenvalue weighted by molar-refractivity contribution is 7.90. The molecule has 1 N–H and O–H groups in total. The minimum atomic E-state index is -3.18. The van der Waals surface area contributed by atoms with E-state index in [1.165, 1.54) is 18.4 Å². The molecule has 0 spiro atoms. The third-order valence-corrected chi connectivity index (χ3v) is 4.42. The van der Waals surface area contributed by atoms with Gasteiger partial charge in [0, 0.05) is 18.8 Å². The fourth-order valence-electron chi connectivity index (χ4n) is 2.20. The van der Waals surface area contributed by atoms with Crippen molar-refractivity contribution in [3.63, 3.8) is 0 Å². The topological polar surface area (TPSA) is 63.6 Å². The van der Waals surface area contributed by atoms with Gasteiger partial charge in [-0.1, -0.05) is 12.1 Å². The minimum Gasteiger partial charge on any atom is -0.388 e. The number of hydrogen-bond acceptors (Lipinski definition) is 4. The lowest BCUT2D eigenvalue weighted by Crippen LogP contribution is -2.23. The Morgan fingerprint density at radius 2 is 2.00 bits per heavy atom. The van der Waals surface area contributed by atoms with Gasteiger partial charge in [0.1, 0.15) is 0 Å². The van der Waals surface area contributed by atoms with Crippen LogP contribution in [0.15, 0.2) is 29.2 Å². The van der Waals surface area contributed by atoms with Gasteiger partial charge < -0.3 is 9.84 Å². The first kappa shape index (κ1) is 13.5. The maximum atomic E-state index is 11.3. The standard InChI is InChI=1S/C13H18O4S/c1-18(15,16)12-6-4-10(5-7-12)13(14)11-3-2-8-17-9-11/h4-7,11,13-14H,2-3,8-9H2,1H3. The van der Waals surface area contributed by atoms with Crippen molar-refractivity contribution in [2.75, 3.05) is 19.5 Å². The Morgan fingerprint density at radius 3 is 2.50 bits per heavy atom. The Bertz CT molecular complexity index is 486. The second-order valence-electron chi connectivity index (χ2n) is 4.76. The molecule has 0 aromatic heterocycles. The molecule has 2 unspecified atom stereocenters. The SMILES string of the molecule is CS(=O)(=O)c1ccc(C(O)C2CCCOC2)cc1. The van der Waals surface area contributed by atoms with E-state index in [-0.39, 0.29) is 10.8 Å². The van der Waals surface area contributed by atoms with Crippen LogP contribution in [0.2, 0.25) is 0 Å². The second kappa shape index (κ2) is 5.38. The van der Waals surface area contributed by atoms with Gasteiger partial charge in [0.05, 0.1) is 17.6 Å². The van der Waals surface area contributed by atoms with Crippen LogP contribution in [0, 0.1) is 5.92 Å². The van der Waals surface area contributed by atoms with Crippen molar-refractivity contribution in [3.05, 3.63) is 29.8 Å². The van der Waals surface area contributed by atoms with Crippen LogP contribution < -0.4 is 0 Å². The average molecular weight is 270 g/mol. The molecule has 0 radical (unpaired) electrons. The Morgan fingerprint density at radius 1 is 1.33 bits per heavy atom. The smallest absolute Gasteiger partial charge is 0.175 e. The van der Waals surface area contributed by atoms with E-state index in [1.807, 2.05) is 0 Å². The van der Waals surface area contributed by atoms with Gasteiger partial charge in [-0.3, -0.25) is 0 Å². The van der Waals surface area contributed by atoms with Crippen molar-refractivity contribution >= 4 is 9.84 Å². The highest BCUT2D eigenvalue weighted by Gasteiger charge is 2.23. The molecule has 5 heteroatoms. The van der Waals surface area contributed by atoms with E-state index < -0.39 is 15.9 Å². The van der Waals surface area contributed by atoms with Crippen LogP contribution in [0.25, 0.3) is 0 Å². The summed E-state index contributed by atoms with van der Waals surface area (Å²) in [6.07, 6.45) is 2.49. The molecular weight excluding hydrogens is 252 g/mol. The van der Waals surface area contributed by atoms with Gasteiger partial charge in [-0.2, -0.15) is 0 Å². The van der Waals surface area contributed by atoms with Crippen molar-refractivity contribution in [1.82, 2.24) is 0 Å². The van der Waals surface area contributed by atoms with E-state index in [0.717, 1.165) is 25.0 Å². The number of ether oxygens (including phenoxy) is 1. The van der Waals surface area contributed by atoms with E-state index in [2.05, 4.69) is 0 Å². The molecule has 2 atom stereocenters. The fourth-order valence-corrected chi connectivity index (χ4v) is 2.83. The molecule has 1 aliphatic rings. The zero-order valence-corrected chi connectivity index (χ0v) is 11.2. The number of rotatable bonds is 3. The Hall–Kier alpha value is -0.910. The number of benzene rings is 1. The van der Waals surface area contributed by atoms with Gasteiger partial charge in [0.2, 0.25) is 0 Å². The van der Waals surface area contributed by atoms with E-state index in [4.69, 9.17) is 4.74 Å². The lowest BCUT2D eigenvalue weighted by Gasteiger charge is -2.27. The molecule has 4 nitrogen and oxygen atoms in total. The van der Waals surface area contributed by atoms with Crippen molar-refractivity contribution in [3.8, 4) is 0 Å². The molecule has 18 heavy (non-hydrogen) atoms. The predicted molar refractivity (Wildman–Crippen MR) is 68.1 cm³/mol. The summed E-state index contributed by atoms with van der Waals surface area (Å²) in [5.41, 5.74) is 0.748. The Balaban J connectivity index is 2.13. The molecule has 1 aliphatic heterocycles. The molecule has 0 aliphatic carbocycles. The summed E-state index contributed by atoms with van der Waals surface area (Å²) in [6.45, 7) is 1.32. The highest BCUT2D eigenvalue weighted by Crippen LogP contribution is 2.29. The first-order chi connectivity index (χ1) is 8.48. The molecule has 1 aromatic carbocycles. The summed E-state index contributed by atoms with van der Waals surface area (Å²) in [6, 6.07) is 6.43. The fraction of sp³-hybridized carbons (Fsp3) is 0.538. The van der Waals surface area contributed by atoms with Gasteiger partial charge in [-0.15, -0.1) is 0 Å². The lowest BCUT2D eigenvalue weighted by atomic mass is 9.91. The first-order valence-corrected chi connectivity index (χ1v) is 7.93. The maximum Gasteiger partial charge on any atom is 0.175 e. The van der Waals surface area contributed by atoms with Crippen molar-refractivity contribution in [2.24, 2.45) is 5.92 Å². The predicted octanol–water partition coefficient (Wildman–Crippen LogP) is 1.55. The van der Waals surface area contributed by atoms with Crippen LogP contribution in [-0.4, -0.2) is 33.0 Å². The van der Waals surface area contributed by atoms with Gasteiger partial charge in [-0.25, -0.2) is 8.42 Å². The minimum absolute atomic E-state index is 0.0998. The first-order valence-electron chi connectivity index (χ1n) is 6.04. The summed E-state index contributed by atoms with van der Waals surface area (Å²) in [4.78, 5) is 0.276. The van der Waals surface area contributed by atoms with Crippen LogP contribution in [-0.2, 0) is 14.6 Å². The Labute approximate surface area is 108 Å². The molecule has 100 valence electrons. The third-order valence-electron chi connectivity index (χ3n) is 3.29. The molecule has 0 bridgehead atoms. The number of sulfone groups is 1. The largest absolute Gasteiger partial charge is 0.388 e. The monoisotopic (exact) mass is 270 g/mol. The van der Waals surface area contributed by atoms with E-state index in [0.29, 0.717) is 6.61 Å². The van der Waals surface area contributed by atoms with Crippen LogP contribution >= 0.6 is 0 Å².